The van der Waals surface area contributed by atoms with Gasteiger partial charge in [0.2, 0.25) is 0 Å². The van der Waals surface area contributed by atoms with Gasteiger partial charge in [-0.15, -0.1) is 0 Å². The largest absolute Gasteiger partial charge is 0.397 e. The molecule has 2 N–H and O–H groups in total. The van der Waals surface area contributed by atoms with Gasteiger partial charge in [0.1, 0.15) is 0 Å². The molecule has 0 amide bonds. The molecule has 0 aliphatic carbocycles. The molecule has 2 rings (SSSR count). The highest BCUT2D eigenvalue weighted by Crippen LogP contribution is 2.24. The lowest BCUT2D eigenvalue weighted by atomic mass is 10.0. The van der Waals surface area contributed by atoms with Crippen molar-refractivity contribution in [1.82, 2.24) is 4.98 Å². The van der Waals surface area contributed by atoms with Crippen LogP contribution < -0.4 is 10.6 Å². The molecule has 0 saturated carbocycles. The second-order valence-corrected chi connectivity index (χ2v) is 4.01. The number of nitrogens with zero attached hydrogens (tertiary/aromatic N) is 2. The van der Waals surface area contributed by atoms with Gasteiger partial charge in [0.05, 0.1) is 17.6 Å². The lowest BCUT2D eigenvalue weighted by Gasteiger charge is -2.35. The average Bonchev–Trinajstić information content (AvgIpc) is 2.18. The third-order valence-electron chi connectivity index (χ3n) is 2.88. The summed E-state index contributed by atoms with van der Waals surface area (Å²) >= 11 is 0. The molecule has 1 unspecified atom stereocenters. The highest BCUT2D eigenvalue weighted by atomic mass is 15.2. The quantitative estimate of drug-likeness (QED) is 0.738. The van der Waals surface area contributed by atoms with E-state index in [0.717, 1.165) is 17.9 Å². The Labute approximate surface area is 84.9 Å². The maximum absolute atomic E-state index is 5.72. The van der Waals surface area contributed by atoms with Crippen molar-refractivity contribution in [2.45, 2.75) is 32.2 Å². The third-order valence-corrected chi connectivity index (χ3v) is 2.88. The number of anilines is 2. The molecule has 1 saturated heterocycles. The van der Waals surface area contributed by atoms with Crippen LogP contribution in [0, 0.1) is 0 Å². The highest BCUT2D eigenvalue weighted by molar-refractivity contribution is 5.54. The number of aromatic nitrogens is 1. The molecule has 76 valence electrons. The summed E-state index contributed by atoms with van der Waals surface area (Å²) in [5.74, 6) is 0. The number of hydrogen-bond donors (Lipinski definition) is 1. The predicted molar refractivity (Wildman–Crippen MR) is 59.3 cm³/mol. The van der Waals surface area contributed by atoms with Gasteiger partial charge >= 0.3 is 0 Å². The SMILES string of the molecule is CC1CCCCN1c1cncc(N)c1. The van der Waals surface area contributed by atoms with Crippen LogP contribution in [0.2, 0.25) is 0 Å². The summed E-state index contributed by atoms with van der Waals surface area (Å²) in [7, 11) is 0. The summed E-state index contributed by atoms with van der Waals surface area (Å²) in [5.41, 5.74) is 7.64. The molecular weight excluding hydrogens is 174 g/mol. The number of piperidine rings is 1. The molecule has 1 aromatic heterocycles. The maximum Gasteiger partial charge on any atom is 0.0575 e. The van der Waals surface area contributed by atoms with E-state index in [2.05, 4.69) is 16.8 Å². The summed E-state index contributed by atoms with van der Waals surface area (Å²) < 4.78 is 0. The van der Waals surface area contributed by atoms with E-state index in [1.54, 1.807) is 6.20 Å². The van der Waals surface area contributed by atoms with Crippen LogP contribution in [0.4, 0.5) is 11.4 Å². The topological polar surface area (TPSA) is 42.2 Å². The van der Waals surface area contributed by atoms with Gasteiger partial charge < -0.3 is 10.6 Å². The first kappa shape index (κ1) is 9.31. The lowest BCUT2D eigenvalue weighted by Crippen LogP contribution is -2.37. The van der Waals surface area contributed by atoms with Crippen LogP contribution in [-0.2, 0) is 0 Å². The van der Waals surface area contributed by atoms with Crippen molar-refractivity contribution < 1.29 is 0 Å². The highest BCUT2D eigenvalue weighted by Gasteiger charge is 2.18. The Bertz CT molecular complexity index is 311. The van der Waals surface area contributed by atoms with E-state index in [1.807, 2.05) is 12.3 Å². The van der Waals surface area contributed by atoms with E-state index in [0.29, 0.717) is 6.04 Å². The van der Waals surface area contributed by atoms with Crippen molar-refractivity contribution in [3.05, 3.63) is 18.5 Å². The molecule has 1 aromatic rings. The van der Waals surface area contributed by atoms with E-state index in [1.165, 1.54) is 19.3 Å². The van der Waals surface area contributed by atoms with Gasteiger partial charge in [0.25, 0.3) is 0 Å². The first-order chi connectivity index (χ1) is 6.77. The monoisotopic (exact) mass is 191 g/mol. The fraction of sp³-hybridized carbons (Fsp3) is 0.545. The number of rotatable bonds is 1. The number of nitrogens with two attached hydrogens (primary N) is 1. The zero-order valence-electron chi connectivity index (χ0n) is 8.61. The second kappa shape index (κ2) is 3.86. The molecule has 3 heteroatoms. The molecule has 14 heavy (non-hydrogen) atoms. The first-order valence-electron chi connectivity index (χ1n) is 5.24. The zero-order chi connectivity index (χ0) is 9.97. The fourth-order valence-electron chi connectivity index (χ4n) is 2.08. The fourth-order valence-corrected chi connectivity index (χ4v) is 2.08. The molecule has 1 aliphatic rings. The van der Waals surface area contributed by atoms with Crippen LogP contribution >= 0.6 is 0 Å². The van der Waals surface area contributed by atoms with E-state index in [9.17, 15) is 0 Å². The van der Waals surface area contributed by atoms with Gasteiger partial charge in [-0.2, -0.15) is 0 Å². The Kier molecular flexibility index (Phi) is 2.57. The smallest absolute Gasteiger partial charge is 0.0575 e. The molecule has 0 radical (unpaired) electrons. The standard InChI is InChI=1S/C11H17N3/c1-9-4-2-3-5-14(9)11-6-10(12)7-13-8-11/h6-9H,2-5,12H2,1H3. The van der Waals surface area contributed by atoms with Crippen molar-refractivity contribution in [3.8, 4) is 0 Å². The van der Waals surface area contributed by atoms with Crippen LogP contribution in [0.25, 0.3) is 0 Å². The van der Waals surface area contributed by atoms with Crippen molar-refractivity contribution in [3.63, 3.8) is 0 Å². The van der Waals surface area contributed by atoms with Gasteiger partial charge in [0.15, 0.2) is 0 Å². The number of nitrogen functional groups attached to an aromatic ring is 1. The van der Waals surface area contributed by atoms with Crippen LogP contribution in [0.3, 0.4) is 0 Å². The zero-order valence-corrected chi connectivity index (χ0v) is 8.61. The first-order valence-corrected chi connectivity index (χ1v) is 5.24. The minimum absolute atomic E-state index is 0.618. The van der Waals surface area contributed by atoms with Crippen molar-refractivity contribution >= 4 is 11.4 Å². The third kappa shape index (κ3) is 1.81. The average molecular weight is 191 g/mol. The Morgan fingerprint density at radius 1 is 1.43 bits per heavy atom. The second-order valence-electron chi connectivity index (χ2n) is 4.01. The van der Waals surface area contributed by atoms with Gasteiger partial charge in [-0.25, -0.2) is 0 Å². The molecule has 0 aromatic carbocycles. The van der Waals surface area contributed by atoms with Gasteiger partial charge in [0, 0.05) is 18.8 Å². The lowest BCUT2D eigenvalue weighted by molar-refractivity contribution is 0.484. The van der Waals surface area contributed by atoms with Gasteiger partial charge in [-0.05, 0) is 32.3 Å². The molecule has 0 spiro atoms. The molecule has 2 heterocycles. The Morgan fingerprint density at radius 2 is 2.29 bits per heavy atom. The van der Waals surface area contributed by atoms with E-state index in [4.69, 9.17) is 5.73 Å². The minimum Gasteiger partial charge on any atom is -0.397 e. The Balaban J connectivity index is 2.20. The number of hydrogen-bond acceptors (Lipinski definition) is 3. The Morgan fingerprint density at radius 3 is 3.00 bits per heavy atom. The van der Waals surface area contributed by atoms with Crippen LogP contribution in [0.1, 0.15) is 26.2 Å². The van der Waals surface area contributed by atoms with E-state index in [-0.39, 0.29) is 0 Å². The van der Waals surface area contributed by atoms with Crippen molar-refractivity contribution in [2.24, 2.45) is 0 Å². The van der Waals surface area contributed by atoms with Crippen molar-refractivity contribution in [2.75, 3.05) is 17.2 Å². The van der Waals surface area contributed by atoms with Gasteiger partial charge in [-0.3, -0.25) is 4.98 Å². The predicted octanol–water partition coefficient (Wildman–Crippen LogP) is 2.04. The molecule has 0 bridgehead atoms. The summed E-state index contributed by atoms with van der Waals surface area (Å²) in [6.07, 6.45) is 7.48. The molecule has 1 atom stereocenters. The normalized spacial score (nSPS) is 22.4. The van der Waals surface area contributed by atoms with Crippen molar-refractivity contribution in [1.29, 1.82) is 0 Å². The maximum atomic E-state index is 5.72. The summed E-state index contributed by atoms with van der Waals surface area (Å²) in [6, 6.07) is 2.63. The summed E-state index contributed by atoms with van der Waals surface area (Å²) in [6.45, 7) is 3.40. The molecular formula is C11H17N3. The van der Waals surface area contributed by atoms with Crippen LogP contribution in [0.5, 0.6) is 0 Å². The summed E-state index contributed by atoms with van der Waals surface area (Å²) in [4.78, 5) is 6.52. The Hall–Kier alpha value is -1.25. The van der Waals surface area contributed by atoms with E-state index >= 15 is 0 Å². The van der Waals surface area contributed by atoms with Crippen LogP contribution in [-0.4, -0.2) is 17.6 Å². The summed E-state index contributed by atoms with van der Waals surface area (Å²) in [5, 5.41) is 0. The molecule has 3 nitrogen and oxygen atoms in total. The minimum atomic E-state index is 0.618. The molecule has 1 fully saturated rings. The van der Waals surface area contributed by atoms with E-state index < -0.39 is 0 Å². The molecule has 1 aliphatic heterocycles. The van der Waals surface area contributed by atoms with Gasteiger partial charge in [-0.1, -0.05) is 0 Å². The number of pyridine rings is 1. The van der Waals surface area contributed by atoms with Crippen LogP contribution in [0.15, 0.2) is 18.5 Å².